The summed E-state index contributed by atoms with van der Waals surface area (Å²) in [7, 11) is 0.992. The Hall–Kier alpha value is -6.07. The van der Waals surface area contributed by atoms with Crippen LogP contribution >= 0.6 is 0 Å². The quantitative estimate of drug-likeness (QED) is 0.220. The second-order valence-corrected chi connectivity index (χ2v) is 18.5. The SMILES string of the molecule is COC(=O)CC1C(=O)CCC(C)C(=O)O[C@H]2[C@H]3[C@@H](OC(C)=O)[C@@]45O[C@@]3(C)COC(=O)c3cnccc3C(C)C(C)(O)C(=O)O[C@@H]([C@H](OC(C)=O)[C@H](OC(C)=O)[C@@]4(COC1=O)[C@@H]2OC(C)=O)[C@]5(C)O. The molecule has 23 nitrogen and oxygen atoms in total. The lowest BCUT2D eigenvalue weighted by Crippen LogP contribution is -2.89. The van der Waals surface area contributed by atoms with Crippen LogP contribution in [0.2, 0.25) is 0 Å². The third kappa shape index (κ3) is 8.34. The zero-order valence-corrected chi connectivity index (χ0v) is 39.0. The maximum atomic E-state index is 14.7. The van der Waals surface area contributed by atoms with Crippen LogP contribution in [0, 0.1) is 23.2 Å². The van der Waals surface area contributed by atoms with E-state index < -0.39 is 174 Å². The van der Waals surface area contributed by atoms with Gasteiger partial charge in [0.25, 0.3) is 0 Å². The predicted molar refractivity (Wildman–Crippen MR) is 219 cm³/mol. The maximum Gasteiger partial charge on any atom is 0.340 e. The topological polar surface area (TPSA) is 316 Å². The molecule has 5 aliphatic rings. The highest BCUT2D eigenvalue weighted by Crippen LogP contribution is 2.70. The standard InChI is InChI=1S/C45H55NO22/c1-19-11-12-28(51)26(15-29(52)59-10)38(54)61-18-44-35(64-23(5)49)31(66-37(19)53)30-33(63-22(4)48)45(44)43(9,58)34(32(62-21(3)47)36(44)65-24(6)50)67-40(56)42(8,57)20(2)25-13-14-46-16-27(25)39(55)60-17-41(30,7)68-45/h13-14,16,19-20,26,30-36,57-58H,11-12,15,17-18H2,1-10H3/t19?,20?,26?,30-,31-,32-,33+,34-,35+,36-,41-,42?,43-,44+,45-/m0/s1. The van der Waals surface area contributed by atoms with Gasteiger partial charge in [-0.25, -0.2) is 9.59 Å². The number of methoxy groups -OCH3 is 1. The fraction of sp³-hybridized carbons (Fsp3) is 0.667. The first-order valence-corrected chi connectivity index (χ1v) is 21.7. The number of Topliss-reactive ketones (excluding diaryl/α,β-unsaturated/α-hetero) is 1. The van der Waals surface area contributed by atoms with E-state index >= 15 is 0 Å². The van der Waals surface area contributed by atoms with Crippen molar-refractivity contribution in [1.29, 1.82) is 0 Å². The lowest BCUT2D eigenvalue weighted by molar-refractivity contribution is -0.387. The largest absolute Gasteiger partial charge is 0.469 e. The zero-order valence-electron chi connectivity index (χ0n) is 39.0. The molecule has 2 saturated heterocycles. The molecule has 4 fully saturated rings. The number of nitrogens with zero attached hydrogens (tertiary/aromatic N) is 1. The average Bonchev–Trinajstić information content (AvgIpc) is 3.48. The Bertz CT molecular complexity index is 2290. The zero-order chi connectivity index (χ0) is 50.6. The molecule has 68 heavy (non-hydrogen) atoms. The number of hydrogen-bond acceptors (Lipinski definition) is 23. The van der Waals surface area contributed by atoms with E-state index in [9.17, 15) is 58.2 Å². The van der Waals surface area contributed by atoms with Crippen molar-refractivity contribution < 1.29 is 106 Å². The molecule has 3 aliphatic heterocycles. The number of pyridine rings is 1. The number of aromatic nitrogens is 1. The van der Waals surface area contributed by atoms with Crippen molar-refractivity contribution in [3.63, 3.8) is 0 Å². The number of fused-ring (bicyclic) bond motifs is 7. The van der Waals surface area contributed by atoms with Crippen molar-refractivity contribution in [1.82, 2.24) is 4.98 Å². The smallest absolute Gasteiger partial charge is 0.340 e. The molecule has 4 heterocycles. The minimum atomic E-state index is -3.10. The van der Waals surface area contributed by atoms with Crippen LogP contribution in [0.4, 0.5) is 0 Å². The van der Waals surface area contributed by atoms with E-state index in [4.69, 9.17) is 47.4 Å². The molecule has 2 spiro atoms. The third-order valence-electron chi connectivity index (χ3n) is 14.0. The van der Waals surface area contributed by atoms with Crippen molar-refractivity contribution in [2.45, 2.75) is 147 Å². The summed E-state index contributed by atoms with van der Waals surface area (Å²) in [5, 5.41) is 25.8. The van der Waals surface area contributed by atoms with Crippen LogP contribution in [0.3, 0.4) is 0 Å². The Morgan fingerprint density at radius 2 is 1.40 bits per heavy atom. The number of carbonyl (C=O) groups excluding carboxylic acids is 10. The highest BCUT2D eigenvalue weighted by Gasteiger charge is 2.92. The van der Waals surface area contributed by atoms with E-state index in [-0.39, 0.29) is 17.5 Å². The summed E-state index contributed by atoms with van der Waals surface area (Å²) in [5.74, 6) is -18.1. The summed E-state index contributed by atoms with van der Waals surface area (Å²) in [6.45, 7) is 7.30. The van der Waals surface area contributed by atoms with Gasteiger partial charge in [0.2, 0.25) is 0 Å². The van der Waals surface area contributed by atoms with Gasteiger partial charge in [0, 0.05) is 52.4 Å². The van der Waals surface area contributed by atoms with Crippen LogP contribution < -0.4 is 0 Å². The first-order valence-electron chi connectivity index (χ1n) is 21.7. The number of carbonyl (C=O) groups is 10. The number of cyclic esters (lactones) is 2. The van der Waals surface area contributed by atoms with Gasteiger partial charge < -0.3 is 57.6 Å². The monoisotopic (exact) mass is 961 g/mol. The molecule has 4 unspecified atom stereocenters. The Balaban J connectivity index is 1.82. The summed E-state index contributed by atoms with van der Waals surface area (Å²) in [6.07, 6.45) is -12.8. The van der Waals surface area contributed by atoms with Crippen molar-refractivity contribution >= 4 is 59.5 Å². The van der Waals surface area contributed by atoms with Crippen LogP contribution in [-0.4, -0.2) is 154 Å². The summed E-state index contributed by atoms with van der Waals surface area (Å²) >= 11 is 0. The molecular weight excluding hydrogens is 906 g/mol. The number of ketones is 1. The molecule has 23 heteroatoms. The molecular formula is C45H55NO22. The normalized spacial score (nSPS) is 39.3. The van der Waals surface area contributed by atoms with Gasteiger partial charge in [-0.3, -0.25) is 43.3 Å². The minimum Gasteiger partial charge on any atom is -0.469 e. The van der Waals surface area contributed by atoms with Crippen molar-refractivity contribution in [3.05, 3.63) is 29.6 Å². The van der Waals surface area contributed by atoms with Crippen molar-refractivity contribution in [3.8, 4) is 0 Å². The Kier molecular flexibility index (Phi) is 13.9. The van der Waals surface area contributed by atoms with E-state index in [0.29, 0.717) is 0 Å². The molecule has 0 amide bonds. The van der Waals surface area contributed by atoms with Gasteiger partial charge in [-0.15, -0.1) is 0 Å². The molecule has 1 aromatic rings. The molecule has 6 bridgehead atoms. The van der Waals surface area contributed by atoms with Crippen molar-refractivity contribution in [2.75, 3.05) is 20.3 Å². The van der Waals surface area contributed by atoms with Gasteiger partial charge in [-0.1, -0.05) is 13.8 Å². The van der Waals surface area contributed by atoms with E-state index in [1.165, 1.54) is 33.0 Å². The molecule has 15 atom stereocenters. The lowest BCUT2D eigenvalue weighted by atomic mass is 9.45. The van der Waals surface area contributed by atoms with Gasteiger partial charge in [0.15, 0.2) is 35.6 Å². The minimum absolute atomic E-state index is 0.0150. The average molecular weight is 962 g/mol. The number of hydrogen-bond donors (Lipinski definition) is 2. The molecule has 372 valence electrons. The molecule has 6 rings (SSSR count). The molecule has 1 aromatic heterocycles. The van der Waals surface area contributed by atoms with E-state index in [2.05, 4.69) is 4.98 Å². The molecule has 2 N–H and O–H groups in total. The second kappa shape index (κ2) is 18.4. The first kappa shape index (κ1) is 51.3. The molecule has 0 radical (unpaired) electrons. The number of esters is 9. The van der Waals surface area contributed by atoms with Gasteiger partial charge in [0.1, 0.15) is 53.7 Å². The first-order chi connectivity index (χ1) is 31.6. The molecule has 0 aromatic carbocycles. The van der Waals surface area contributed by atoms with Gasteiger partial charge in [0.05, 0.1) is 30.9 Å². The van der Waals surface area contributed by atoms with Gasteiger partial charge in [-0.2, -0.15) is 0 Å². The Labute approximate surface area is 389 Å². The third-order valence-corrected chi connectivity index (χ3v) is 14.0. The maximum absolute atomic E-state index is 14.7. The predicted octanol–water partition coefficient (Wildman–Crippen LogP) is 0.287. The second-order valence-electron chi connectivity index (χ2n) is 18.5. The fourth-order valence-electron chi connectivity index (χ4n) is 10.6. The van der Waals surface area contributed by atoms with Crippen molar-refractivity contribution in [2.24, 2.45) is 23.2 Å². The van der Waals surface area contributed by atoms with Crippen LogP contribution in [0.25, 0.3) is 0 Å². The van der Waals surface area contributed by atoms with Gasteiger partial charge in [-0.05, 0) is 38.8 Å². The molecule has 2 aliphatic carbocycles. The van der Waals surface area contributed by atoms with E-state index in [1.807, 2.05) is 0 Å². The Morgan fingerprint density at radius 3 is 2.00 bits per heavy atom. The number of ether oxygens (including phenoxy) is 10. The van der Waals surface area contributed by atoms with E-state index in [0.717, 1.165) is 54.8 Å². The van der Waals surface area contributed by atoms with Crippen LogP contribution in [0.5, 0.6) is 0 Å². The summed E-state index contributed by atoms with van der Waals surface area (Å²) in [6, 6.07) is 1.32. The Morgan fingerprint density at radius 1 is 0.794 bits per heavy atom. The highest BCUT2D eigenvalue weighted by atomic mass is 16.7. The summed E-state index contributed by atoms with van der Waals surface area (Å²) < 4.78 is 60.1. The summed E-state index contributed by atoms with van der Waals surface area (Å²) in [4.78, 5) is 143. The highest BCUT2D eigenvalue weighted by molar-refractivity contribution is 6.01. The van der Waals surface area contributed by atoms with E-state index in [1.54, 1.807) is 0 Å². The van der Waals surface area contributed by atoms with Crippen LogP contribution in [-0.2, 0) is 90.5 Å². The lowest BCUT2D eigenvalue weighted by Gasteiger charge is -2.67. The number of rotatable bonds is 6. The van der Waals surface area contributed by atoms with Crippen LogP contribution in [0.1, 0.15) is 103 Å². The van der Waals surface area contributed by atoms with Crippen LogP contribution in [0.15, 0.2) is 18.5 Å². The van der Waals surface area contributed by atoms with Gasteiger partial charge >= 0.3 is 53.7 Å². The molecule has 2 saturated carbocycles. The fourth-order valence-corrected chi connectivity index (χ4v) is 10.6. The number of aliphatic hydroxyl groups is 2. The summed E-state index contributed by atoms with van der Waals surface area (Å²) in [5.41, 5.74) is -14.2.